The first-order valence-corrected chi connectivity index (χ1v) is 9.78. The minimum Gasteiger partial charge on any atom is -0.206 e. The highest BCUT2D eigenvalue weighted by atomic mass is 79.9. The lowest BCUT2D eigenvalue weighted by atomic mass is 10.1. The highest BCUT2D eigenvalue weighted by Crippen LogP contribution is 2.35. The van der Waals surface area contributed by atoms with Crippen LogP contribution in [0, 0.1) is 0 Å². The van der Waals surface area contributed by atoms with E-state index in [9.17, 15) is 8.42 Å². The van der Waals surface area contributed by atoms with E-state index in [-0.39, 0.29) is 10.3 Å². The molecular weight excluding hydrogens is 450 g/mol. The molecule has 0 radical (unpaired) electrons. The van der Waals surface area contributed by atoms with Gasteiger partial charge in [-0.1, -0.05) is 39.7 Å². The largest absolute Gasteiger partial charge is 0.250 e. The minimum atomic E-state index is -3.58. The third-order valence-corrected chi connectivity index (χ3v) is 7.61. The van der Waals surface area contributed by atoms with Crippen molar-refractivity contribution in [3.05, 3.63) is 49.2 Å². The number of rotatable bonds is 4. The Morgan fingerprint density at radius 2 is 1.85 bits per heavy atom. The molecule has 108 valence electrons. The van der Waals surface area contributed by atoms with Gasteiger partial charge >= 0.3 is 0 Å². The fourth-order valence-corrected chi connectivity index (χ4v) is 5.48. The number of hydrogen-bond acceptors (Lipinski definition) is 3. The summed E-state index contributed by atoms with van der Waals surface area (Å²) in [5.41, 5.74) is 0.887. The van der Waals surface area contributed by atoms with Crippen molar-refractivity contribution in [3.63, 3.8) is 0 Å². The Balaban J connectivity index is 2.21. The van der Waals surface area contributed by atoms with Crippen LogP contribution in [-0.2, 0) is 10.0 Å². The van der Waals surface area contributed by atoms with Crippen molar-refractivity contribution in [2.24, 2.45) is 0 Å². The summed E-state index contributed by atoms with van der Waals surface area (Å²) in [6.45, 7) is 1.80. The second-order valence-corrected chi connectivity index (χ2v) is 9.72. The van der Waals surface area contributed by atoms with Gasteiger partial charge < -0.3 is 0 Å². The first-order valence-electron chi connectivity index (χ1n) is 5.52. The monoisotopic (exact) mass is 457 g/mol. The third-order valence-electron chi connectivity index (χ3n) is 2.59. The molecule has 1 aromatic carbocycles. The molecule has 1 atom stereocenters. The van der Waals surface area contributed by atoms with Gasteiger partial charge in [-0.2, -0.15) is 0 Å². The molecule has 0 aliphatic carbocycles. The predicted molar refractivity (Wildman–Crippen MR) is 89.9 cm³/mol. The quantitative estimate of drug-likeness (QED) is 0.702. The Morgan fingerprint density at radius 3 is 2.35 bits per heavy atom. The Bertz CT molecular complexity index is 694. The number of benzene rings is 1. The Hall–Kier alpha value is 0.0800. The molecule has 0 bridgehead atoms. The molecule has 0 spiro atoms. The molecule has 0 amide bonds. The van der Waals surface area contributed by atoms with Gasteiger partial charge in [0.05, 0.1) is 8.81 Å². The number of nitrogens with one attached hydrogen (secondary N) is 1. The second-order valence-electron chi connectivity index (χ2n) is 4.08. The number of thiophene rings is 1. The normalized spacial score (nSPS) is 13.4. The zero-order valence-electron chi connectivity index (χ0n) is 10.2. The molecule has 2 rings (SSSR count). The summed E-state index contributed by atoms with van der Waals surface area (Å²) < 4.78 is 28.9. The molecular formula is C12H10Br2ClNO2S2. The Morgan fingerprint density at radius 1 is 1.25 bits per heavy atom. The molecule has 0 saturated heterocycles. The SMILES string of the molecule is C[C@@H](NS(=O)(=O)c1cc(Cl)c(Br)s1)c1ccc(Br)cc1. The first-order chi connectivity index (χ1) is 9.29. The van der Waals surface area contributed by atoms with E-state index in [0.29, 0.717) is 8.81 Å². The van der Waals surface area contributed by atoms with Gasteiger partial charge in [0, 0.05) is 10.5 Å². The van der Waals surface area contributed by atoms with Crippen LogP contribution in [-0.4, -0.2) is 8.42 Å². The van der Waals surface area contributed by atoms with Crippen molar-refractivity contribution < 1.29 is 8.42 Å². The highest BCUT2D eigenvalue weighted by Gasteiger charge is 2.21. The average molecular weight is 460 g/mol. The van der Waals surface area contributed by atoms with Gasteiger partial charge in [-0.05, 0) is 46.6 Å². The minimum absolute atomic E-state index is 0.193. The summed E-state index contributed by atoms with van der Waals surface area (Å²) in [4.78, 5) is 0. The maximum Gasteiger partial charge on any atom is 0.250 e. The van der Waals surface area contributed by atoms with Crippen LogP contribution in [0.25, 0.3) is 0 Å². The molecule has 0 unspecified atom stereocenters. The predicted octanol–water partition coefficient (Wildman–Crippen LogP) is 4.97. The van der Waals surface area contributed by atoms with Crippen molar-refractivity contribution in [1.29, 1.82) is 0 Å². The smallest absolute Gasteiger partial charge is 0.206 e. The van der Waals surface area contributed by atoms with Crippen LogP contribution >= 0.6 is 54.8 Å². The summed E-state index contributed by atoms with van der Waals surface area (Å²) in [7, 11) is -3.58. The standard InChI is InChI=1S/C12H10Br2ClNO2S2/c1-7(8-2-4-9(13)5-3-8)16-20(17,18)11-6-10(15)12(14)19-11/h2-7,16H,1H3/t7-/m1/s1. The van der Waals surface area contributed by atoms with Crippen LogP contribution in [0.5, 0.6) is 0 Å². The van der Waals surface area contributed by atoms with E-state index in [1.807, 2.05) is 24.3 Å². The average Bonchev–Trinajstić information content (AvgIpc) is 2.71. The topological polar surface area (TPSA) is 46.2 Å². The molecule has 20 heavy (non-hydrogen) atoms. The molecule has 1 heterocycles. The summed E-state index contributed by atoms with van der Waals surface area (Å²) in [5.74, 6) is 0. The van der Waals surface area contributed by atoms with E-state index in [1.165, 1.54) is 6.07 Å². The first kappa shape index (κ1) is 16.5. The molecule has 1 aromatic heterocycles. The summed E-state index contributed by atoms with van der Waals surface area (Å²) in [6.07, 6.45) is 0. The second kappa shape index (κ2) is 6.46. The number of halogens is 3. The van der Waals surface area contributed by atoms with E-state index < -0.39 is 10.0 Å². The van der Waals surface area contributed by atoms with Crippen LogP contribution in [0.3, 0.4) is 0 Å². The van der Waals surface area contributed by atoms with Gasteiger partial charge in [0.2, 0.25) is 0 Å². The maximum absolute atomic E-state index is 12.3. The van der Waals surface area contributed by atoms with Crippen LogP contribution in [0.4, 0.5) is 0 Å². The van der Waals surface area contributed by atoms with Crippen molar-refractivity contribution >= 4 is 64.8 Å². The van der Waals surface area contributed by atoms with E-state index >= 15 is 0 Å². The highest BCUT2D eigenvalue weighted by molar-refractivity contribution is 9.11. The van der Waals surface area contributed by atoms with E-state index in [1.54, 1.807) is 6.92 Å². The van der Waals surface area contributed by atoms with Gasteiger partial charge in [0.1, 0.15) is 4.21 Å². The van der Waals surface area contributed by atoms with Gasteiger partial charge in [0.25, 0.3) is 10.0 Å². The van der Waals surface area contributed by atoms with Crippen molar-refractivity contribution in [1.82, 2.24) is 4.72 Å². The van der Waals surface area contributed by atoms with E-state index in [4.69, 9.17) is 11.6 Å². The fourth-order valence-electron chi connectivity index (χ4n) is 1.57. The lowest BCUT2D eigenvalue weighted by molar-refractivity contribution is 0.569. The molecule has 2 aromatic rings. The molecule has 8 heteroatoms. The summed E-state index contributed by atoms with van der Waals surface area (Å²) in [6, 6.07) is 8.60. The van der Waals surface area contributed by atoms with Crippen molar-refractivity contribution in [3.8, 4) is 0 Å². The van der Waals surface area contributed by atoms with Crippen molar-refractivity contribution in [2.45, 2.75) is 17.2 Å². The molecule has 0 fully saturated rings. The van der Waals surface area contributed by atoms with Gasteiger partial charge in [-0.3, -0.25) is 0 Å². The third kappa shape index (κ3) is 3.84. The zero-order valence-corrected chi connectivity index (χ0v) is 15.8. The molecule has 3 nitrogen and oxygen atoms in total. The van der Waals surface area contributed by atoms with Crippen LogP contribution in [0.2, 0.25) is 5.02 Å². The van der Waals surface area contributed by atoms with E-state index in [2.05, 4.69) is 36.6 Å². The van der Waals surface area contributed by atoms with Gasteiger partial charge in [0.15, 0.2) is 0 Å². The van der Waals surface area contributed by atoms with Gasteiger partial charge in [-0.15, -0.1) is 11.3 Å². The molecule has 0 aliphatic rings. The summed E-state index contributed by atoms with van der Waals surface area (Å²) >= 11 is 13.5. The molecule has 0 saturated carbocycles. The fraction of sp³-hybridized carbons (Fsp3) is 0.167. The van der Waals surface area contributed by atoms with Crippen molar-refractivity contribution in [2.75, 3.05) is 0 Å². The van der Waals surface area contributed by atoms with Crippen LogP contribution in [0.15, 0.2) is 42.8 Å². The molecule has 1 N–H and O–H groups in total. The maximum atomic E-state index is 12.3. The van der Waals surface area contributed by atoms with Gasteiger partial charge in [-0.25, -0.2) is 13.1 Å². The Kier molecular flexibility index (Phi) is 5.31. The number of hydrogen-bond donors (Lipinski definition) is 1. The lowest BCUT2D eigenvalue weighted by Crippen LogP contribution is -2.26. The lowest BCUT2D eigenvalue weighted by Gasteiger charge is -2.13. The van der Waals surface area contributed by atoms with Crippen LogP contribution < -0.4 is 4.72 Å². The zero-order chi connectivity index (χ0) is 14.9. The van der Waals surface area contributed by atoms with E-state index in [0.717, 1.165) is 21.4 Å². The molecule has 0 aliphatic heterocycles. The Labute approximate surface area is 143 Å². The van der Waals surface area contributed by atoms with Crippen LogP contribution in [0.1, 0.15) is 18.5 Å². The number of sulfonamides is 1. The summed E-state index contributed by atoms with van der Waals surface area (Å²) in [5, 5.41) is 0.395.